The first kappa shape index (κ1) is 14.6. The molecule has 1 aromatic heterocycles. The van der Waals surface area contributed by atoms with Crippen molar-refractivity contribution in [3.8, 4) is 0 Å². The second kappa shape index (κ2) is 6.18. The number of hydrogen-bond acceptors (Lipinski definition) is 4. The number of likely N-dealkylation sites (tertiary alicyclic amines) is 1. The summed E-state index contributed by atoms with van der Waals surface area (Å²) in [5.41, 5.74) is 0.839. The van der Waals surface area contributed by atoms with E-state index in [2.05, 4.69) is 23.9 Å². The third kappa shape index (κ3) is 3.28. The van der Waals surface area contributed by atoms with E-state index in [-0.39, 0.29) is 0 Å². The van der Waals surface area contributed by atoms with E-state index in [0.717, 1.165) is 17.5 Å². The van der Waals surface area contributed by atoms with Crippen LogP contribution in [0, 0.1) is 0 Å². The van der Waals surface area contributed by atoms with Crippen LogP contribution < -0.4 is 0 Å². The molecule has 1 aromatic carbocycles. The van der Waals surface area contributed by atoms with Crippen LogP contribution in [0.25, 0.3) is 11.0 Å². The zero-order chi connectivity index (χ0) is 14.8. The van der Waals surface area contributed by atoms with Gasteiger partial charge in [0.15, 0.2) is 0 Å². The monoisotopic (exact) mass is 288 g/mol. The molecule has 0 radical (unpaired) electrons. The normalized spacial score (nSPS) is 22.0. The average molecular weight is 288 g/mol. The summed E-state index contributed by atoms with van der Waals surface area (Å²) in [5.74, 6) is 0.659. The summed E-state index contributed by atoms with van der Waals surface area (Å²) < 4.78 is 5.75. The van der Waals surface area contributed by atoms with E-state index >= 15 is 0 Å². The molecule has 2 heterocycles. The highest BCUT2D eigenvalue weighted by molar-refractivity contribution is 5.77. The van der Waals surface area contributed by atoms with E-state index in [9.17, 15) is 5.11 Å². The Morgan fingerprint density at radius 1 is 1.43 bits per heavy atom. The van der Waals surface area contributed by atoms with Gasteiger partial charge in [0.2, 0.25) is 0 Å². The maximum atomic E-state index is 10.4. The highest BCUT2D eigenvalue weighted by Crippen LogP contribution is 2.25. The molecule has 1 N–H and O–H groups in total. The molecule has 21 heavy (non-hydrogen) atoms. The minimum Gasteiger partial charge on any atom is -0.458 e. The number of likely N-dealkylation sites (N-methyl/N-ethyl adjacent to an activating group) is 2. The SMILES string of the molecule is CN1CCCC(N(C)CC(O)c2cc3ccccc3o2)C1. The van der Waals surface area contributed by atoms with Gasteiger partial charge in [0.25, 0.3) is 0 Å². The van der Waals surface area contributed by atoms with Gasteiger partial charge in [-0.25, -0.2) is 0 Å². The van der Waals surface area contributed by atoms with E-state index in [1.165, 1.54) is 19.4 Å². The van der Waals surface area contributed by atoms with Crippen LogP contribution in [0.4, 0.5) is 0 Å². The molecule has 0 amide bonds. The quantitative estimate of drug-likeness (QED) is 0.938. The van der Waals surface area contributed by atoms with Gasteiger partial charge in [-0.05, 0) is 45.6 Å². The summed E-state index contributed by atoms with van der Waals surface area (Å²) in [7, 11) is 4.26. The standard InChI is InChI=1S/C17H24N2O2/c1-18-9-5-7-14(11-18)19(2)12-15(20)17-10-13-6-3-4-8-16(13)21-17/h3-4,6,8,10,14-15,20H,5,7,9,11-12H2,1-2H3. The van der Waals surface area contributed by atoms with Gasteiger partial charge in [0.05, 0.1) is 0 Å². The number of fused-ring (bicyclic) bond motifs is 1. The Hall–Kier alpha value is -1.36. The highest BCUT2D eigenvalue weighted by atomic mass is 16.4. The van der Waals surface area contributed by atoms with Gasteiger partial charge < -0.3 is 14.4 Å². The van der Waals surface area contributed by atoms with Crippen molar-refractivity contribution >= 4 is 11.0 Å². The fourth-order valence-electron chi connectivity index (χ4n) is 3.18. The first-order valence-corrected chi connectivity index (χ1v) is 7.69. The molecule has 2 unspecified atom stereocenters. The van der Waals surface area contributed by atoms with E-state index in [0.29, 0.717) is 18.3 Å². The molecule has 0 spiro atoms. The lowest BCUT2D eigenvalue weighted by Crippen LogP contribution is -2.46. The molecule has 0 saturated carbocycles. The smallest absolute Gasteiger partial charge is 0.135 e. The predicted octanol–water partition coefficient (Wildman–Crippen LogP) is 2.49. The van der Waals surface area contributed by atoms with Crippen molar-refractivity contribution < 1.29 is 9.52 Å². The van der Waals surface area contributed by atoms with Crippen LogP contribution in [0.3, 0.4) is 0 Å². The molecule has 1 saturated heterocycles. The zero-order valence-electron chi connectivity index (χ0n) is 12.8. The van der Waals surface area contributed by atoms with Crippen LogP contribution in [0.5, 0.6) is 0 Å². The molecule has 1 aliphatic heterocycles. The Bertz CT molecular complexity index is 562. The maximum absolute atomic E-state index is 10.4. The van der Waals surface area contributed by atoms with Crippen molar-refractivity contribution in [3.63, 3.8) is 0 Å². The number of aliphatic hydroxyl groups excluding tert-OH is 1. The highest BCUT2D eigenvalue weighted by Gasteiger charge is 2.24. The first-order chi connectivity index (χ1) is 10.1. The summed E-state index contributed by atoms with van der Waals surface area (Å²) >= 11 is 0. The first-order valence-electron chi connectivity index (χ1n) is 7.69. The fraction of sp³-hybridized carbons (Fsp3) is 0.529. The molecule has 0 bridgehead atoms. The van der Waals surface area contributed by atoms with E-state index in [4.69, 9.17) is 4.42 Å². The third-order valence-corrected chi connectivity index (χ3v) is 4.46. The van der Waals surface area contributed by atoms with Gasteiger partial charge in [-0.1, -0.05) is 18.2 Å². The van der Waals surface area contributed by atoms with Gasteiger partial charge >= 0.3 is 0 Å². The minimum absolute atomic E-state index is 0.516. The number of para-hydroxylation sites is 1. The number of benzene rings is 1. The second-order valence-corrected chi connectivity index (χ2v) is 6.20. The van der Waals surface area contributed by atoms with Gasteiger partial charge in [-0.3, -0.25) is 4.90 Å². The summed E-state index contributed by atoms with van der Waals surface area (Å²) in [4.78, 5) is 4.62. The van der Waals surface area contributed by atoms with Crippen molar-refractivity contribution in [2.75, 3.05) is 33.7 Å². The van der Waals surface area contributed by atoms with Gasteiger partial charge in [-0.2, -0.15) is 0 Å². The van der Waals surface area contributed by atoms with E-state index in [1.807, 2.05) is 30.3 Å². The lowest BCUT2D eigenvalue weighted by atomic mass is 10.0. The van der Waals surface area contributed by atoms with Crippen LogP contribution in [0.2, 0.25) is 0 Å². The largest absolute Gasteiger partial charge is 0.458 e. The van der Waals surface area contributed by atoms with E-state index in [1.54, 1.807) is 0 Å². The summed E-state index contributed by atoms with van der Waals surface area (Å²) in [6.07, 6.45) is 1.86. The van der Waals surface area contributed by atoms with Gasteiger partial charge in [0, 0.05) is 24.5 Å². The molecule has 3 rings (SSSR count). The van der Waals surface area contributed by atoms with Crippen molar-refractivity contribution in [1.29, 1.82) is 0 Å². The Morgan fingerprint density at radius 2 is 2.24 bits per heavy atom. The summed E-state index contributed by atoms with van der Waals surface area (Å²) in [5, 5.41) is 11.5. The van der Waals surface area contributed by atoms with Crippen molar-refractivity contribution in [1.82, 2.24) is 9.80 Å². The maximum Gasteiger partial charge on any atom is 0.135 e. The van der Waals surface area contributed by atoms with Crippen LogP contribution in [0.15, 0.2) is 34.7 Å². The molecule has 2 atom stereocenters. The lowest BCUT2D eigenvalue weighted by molar-refractivity contribution is 0.0641. The summed E-state index contributed by atoms with van der Waals surface area (Å²) in [6.45, 7) is 2.86. The molecule has 1 fully saturated rings. The topological polar surface area (TPSA) is 39.9 Å². The predicted molar refractivity (Wildman–Crippen MR) is 84.3 cm³/mol. The molecule has 2 aromatic rings. The molecular weight excluding hydrogens is 264 g/mol. The van der Waals surface area contributed by atoms with Gasteiger partial charge in [-0.15, -0.1) is 0 Å². The fourth-order valence-corrected chi connectivity index (χ4v) is 3.18. The Morgan fingerprint density at radius 3 is 3.00 bits per heavy atom. The number of aliphatic hydroxyl groups is 1. The summed E-state index contributed by atoms with van der Waals surface area (Å²) in [6, 6.07) is 10.3. The number of piperidine rings is 1. The number of nitrogens with zero attached hydrogens (tertiary/aromatic N) is 2. The Labute approximate surface area is 125 Å². The Kier molecular flexibility index (Phi) is 4.29. The lowest BCUT2D eigenvalue weighted by Gasteiger charge is -2.36. The molecule has 1 aliphatic rings. The van der Waals surface area contributed by atoms with Crippen molar-refractivity contribution in [2.24, 2.45) is 0 Å². The van der Waals surface area contributed by atoms with Crippen LogP contribution in [0.1, 0.15) is 24.7 Å². The van der Waals surface area contributed by atoms with E-state index < -0.39 is 6.10 Å². The van der Waals surface area contributed by atoms with Crippen molar-refractivity contribution in [2.45, 2.75) is 25.0 Å². The number of furan rings is 1. The molecule has 0 aliphatic carbocycles. The molecule has 4 nitrogen and oxygen atoms in total. The molecule has 114 valence electrons. The van der Waals surface area contributed by atoms with Crippen LogP contribution >= 0.6 is 0 Å². The average Bonchev–Trinajstić information content (AvgIpc) is 2.91. The molecular formula is C17H24N2O2. The van der Waals surface area contributed by atoms with Crippen LogP contribution in [-0.2, 0) is 0 Å². The van der Waals surface area contributed by atoms with Crippen molar-refractivity contribution in [3.05, 3.63) is 36.1 Å². The third-order valence-electron chi connectivity index (χ3n) is 4.46. The van der Waals surface area contributed by atoms with Crippen LogP contribution in [-0.4, -0.2) is 54.7 Å². The molecule has 4 heteroatoms. The van der Waals surface area contributed by atoms with Gasteiger partial charge in [0.1, 0.15) is 17.4 Å². The zero-order valence-corrected chi connectivity index (χ0v) is 12.8. The Balaban J connectivity index is 1.66. The number of rotatable bonds is 4. The number of hydrogen-bond donors (Lipinski definition) is 1. The second-order valence-electron chi connectivity index (χ2n) is 6.20. The minimum atomic E-state index is -0.574.